The minimum absolute atomic E-state index is 0.102. The van der Waals surface area contributed by atoms with Crippen LogP contribution in [0.3, 0.4) is 0 Å². The Hall–Kier alpha value is -3.05. The molecule has 2 heterocycles. The molecular formula is C20H15N3OS. The van der Waals surface area contributed by atoms with Gasteiger partial charge in [0.05, 0.1) is 0 Å². The Morgan fingerprint density at radius 2 is 1.80 bits per heavy atom. The number of nitrogens with one attached hydrogen (secondary N) is 1. The molecule has 0 fully saturated rings. The second-order valence-electron chi connectivity index (χ2n) is 5.69. The van der Waals surface area contributed by atoms with Crippen molar-refractivity contribution >= 4 is 33.3 Å². The summed E-state index contributed by atoms with van der Waals surface area (Å²) in [7, 11) is 0. The van der Waals surface area contributed by atoms with Gasteiger partial charge >= 0.3 is 0 Å². The lowest BCUT2D eigenvalue weighted by atomic mass is 10.1. The second kappa shape index (κ2) is 6.45. The molecule has 0 bridgehead atoms. The third kappa shape index (κ3) is 3.14. The minimum atomic E-state index is -0.102. The average molecular weight is 345 g/mol. The zero-order valence-electron chi connectivity index (χ0n) is 13.6. The molecule has 0 saturated carbocycles. The second-order valence-corrected chi connectivity index (χ2v) is 6.67. The maximum Gasteiger partial charge on any atom is 0.255 e. The van der Waals surface area contributed by atoms with Gasteiger partial charge in [0.25, 0.3) is 5.91 Å². The number of hydrogen-bond donors (Lipinski definition) is 1. The zero-order chi connectivity index (χ0) is 17.2. The number of aryl methyl sites for hydroxylation is 1. The summed E-state index contributed by atoms with van der Waals surface area (Å²) in [6, 6.07) is 19.1. The molecule has 1 N–H and O–H groups in total. The molecule has 0 saturated heterocycles. The zero-order valence-corrected chi connectivity index (χ0v) is 14.4. The highest BCUT2D eigenvalue weighted by Crippen LogP contribution is 2.29. The van der Waals surface area contributed by atoms with Gasteiger partial charge < -0.3 is 5.32 Å². The van der Waals surface area contributed by atoms with Crippen LogP contribution in [0.1, 0.15) is 15.9 Å². The largest absolute Gasteiger partial charge is 0.322 e. The predicted molar refractivity (Wildman–Crippen MR) is 102 cm³/mol. The molecule has 4 nitrogen and oxygen atoms in total. The van der Waals surface area contributed by atoms with E-state index in [-0.39, 0.29) is 5.91 Å². The van der Waals surface area contributed by atoms with E-state index in [1.54, 1.807) is 17.5 Å². The smallest absolute Gasteiger partial charge is 0.255 e. The number of nitrogens with zero attached hydrogens (tertiary/aromatic N) is 2. The molecule has 2 aromatic carbocycles. The van der Waals surface area contributed by atoms with Gasteiger partial charge in [0.1, 0.15) is 15.4 Å². The third-order valence-corrected chi connectivity index (χ3v) is 4.97. The molecule has 5 heteroatoms. The normalized spacial score (nSPS) is 10.8. The van der Waals surface area contributed by atoms with E-state index in [0.29, 0.717) is 5.56 Å². The number of amides is 1. The van der Waals surface area contributed by atoms with Crippen LogP contribution in [0.25, 0.3) is 20.9 Å². The lowest BCUT2D eigenvalue weighted by Gasteiger charge is -2.08. The van der Waals surface area contributed by atoms with E-state index in [1.807, 2.05) is 67.6 Å². The molecule has 1 amide bonds. The van der Waals surface area contributed by atoms with E-state index in [1.165, 1.54) is 0 Å². The molecule has 0 aliphatic rings. The quantitative estimate of drug-likeness (QED) is 0.573. The first-order valence-corrected chi connectivity index (χ1v) is 8.71. The molecule has 0 atom stereocenters. The molecule has 25 heavy (non-hydrogen) atoms. The summed E-state index contributed by atoms with van der Waals surface area (Å²) in [4.78, 5) is 22.2. The highest BCUT2D eigenvalue weighted by atomic mass is 32.1. The summed E-state index contributed by atoms with van der Waals surface area (Å²) in [6.45, 7) is 1.93. The van der Waals surface area contributed by atoms with Crippen LogP contribution in [-0.2, 0) is 0 Å². The van der Waals surface area contributed by atoms with Gasteiger partial charge in [0, 0.05) is 23.0 Å². The summed E-state index contributed by atoms with van der Waals surface area (Å²) in [5.74, 6) is -0.102. The Labute approximate surface area is 149 Å². The number of fused-ring (bicyclic) bond motifs is 1. The fraction of sp³-hybridized carbons (Fsp3) is 0.0500. The number of pyridine rings is 1. The van der Waals surface area contributed by atoms with Crippen molar-refractivity contribution < 1.29 is 4.79 Å². The standard InChI is InChI=1S/C20H15N3OS/c1-13-5-2-3-6-16(13)18(24)22-15-10-8-14(9-11-15)19-23-17-7-4-12-21-20(17)25-19/h2-12H,1H3,(H,22,24). The van der Waals surface area contributed by atoms with Crippen molar-refractivity contribution in [1.82, 2.24) is 9.97 Å². The van der Waals surface area contributed by atoms with Crippen molar-refractivity contribution in [1.29, 1.82) is 0 Å². The fourth-order valence-electron chi connectivity index (χ4n) is 2.62. The van der Waals surface area contributed by atoms with Crippen molar-refractivity contribution in [3.63, 3.8) is 0 Å². The van der Waals surface area contributed by atoms with Crippen molar-refractivity contribution in [2.24, 2.45) is 0 Å². The minimum Gasteiger partial charge on any atom is -0.322 e. The van der Waals surface area contributed by atoms with Crippen LogP contribution in [0.15, 0.2) is 66.9 Å². The molecule has 0 spiro atoms. The van der Waals surface area contributed by atoms with Crippen LogP contribution in [0.4, 0.5) is 5.69 Å². The monoisotopic (exact) mass is 345 g/mol. The summed E-state index contributed by atoms with van der Waals surface area (Å²) in [5, 5.41) is 3.86. The lowest BCUT2D eigenvalue weighted by molar-refractivity contribution is 0.102. The molecule has 0 aliphatic carbocycles. The molecule has 4 aromatic rings. The van der Waals surface area contributed by atoms with E-state index in [9.17, 15) is 4.79 Å². The highest BCUT2D eigenvalue weighted by molar-refractivity contribution is 7.21. The number of anilines is 1. The van der Waals surface area contributed by atoms with Crippen molar-refractivity contribution in [2.75, 3.05) is 5.32 Å². The first-order valence-electron chi connectivity index (χ1n) is 7.90. The molecule has 2 aromatic heterocycles. The number of rotatable bonds is 3. The Morgan fingerprint density at radius 1 is 1.00 bits per heavy atom. The number of benzene rings is 2. The van der Waals surface area contributed by atoms with E-state index >= 15 is 0 Å². The molecule has 0 radical (unpaired) electrons. The summed E-state index contributed by atoms with van der Waals surface area (Å²) >= 11 is 1.56. The van der Waals surface area contributed by atoms with E-state index in [0.717, 1.165) is 32.2 Å². The number of carbonyl (C=O) groups is 1. The summed E-state index contributed by atoms with van der Waals surface area (Å²) < 4.78 is 0. The predicted octanol–water partition coefficient (Wildman–Crippen LogP) is 4.92. The number of thiazole rings is 1. The molecule has 0 aliphatic heterocycles. The van der Waals surface area contributed by atoms with Gasteiger partial charge in [-0.25, -0.2) is 9.97 Å². The van der Waals surface area contributed by atoms with Crippen molar-refractivity contribution in [3.05, 3.63) is 78.0 Å². The molecular weight excluding hydrogens is 330 g/mol. The van der Waals surface area contributed by atoms with Crippen LogP contribution in [0.5, 0.6) is 0 Å². The first-order chi connectivity index (χ1) is 12.2. The average Bonchev–Trinajstić information content (AvgIpc) is 3.07. The topological polar surface area (TPSA) is 54.9 Å². The fourth-order valence-corrected chi connectivity index (χ4v) is 3.53. The van der Waals surface area contributed by atoms with Gasteiger partial charge in [0.15, 0.2) is 0 Å². The van der Waals surface area contributed by atoms with Crippen LogP contribution < -0.4 is 5.32 Å². The van der Waals surface area contributed by atoms with Crippen LogP contribution in [-0.4, -0.2) is 15.9 Å². The number of carbonyl (C=O) groups excluding carboxylic acids is 1. The molecule has 122 valence electrons. The third-order valence-electron chi connectivity index (χ3n) is 3.95. The van der Waals surface area contributed by atoms with Gasteiger partial charge in [-0.3, -0.25) is 4.79 Å². The summed E-state index contributed by atoms with van der Waals surface area (Å²) in [5.41, 5.74) is 4.31. The first kappa shape index (κ1) is 15.5. The molecule has 4 rings (SSSR count). The lowest BCUT2D eigenvalue weighted by Crippen LogP contribution is -2.13. The number of hydrogen-bond acceptors (Lipinski definition) is 4. The maximum absolute atomic E-state index is 12.4. The maximum atomic E-state index is 12.4. The van der Waals surface area contributed by atoms with Gasteiger partial charge in [0.2, 0.25) is 0 Å². The Kier molecular flexibility index (Phi) is 3.99. The van der Waals surface area contributed by atoms with E-state index in [4.69, 9.17) is 0 Å². The molecule has 0 unspecified atom stereocenters. The van der Waals surface area contributed by atoms with E-state index < -0.39 is 0 Å². The van der Waals surface area contributed by atoms with Gasteiger partial charge in [-0.15, -0.1) is 0 Å². The van der Waals surface area contributed by atoms with Crippen LogP contribution >= 0.6 is 11.3 Å². The Balaban J connectivity index is 1.56. The number of aromatic nitrogens is 2. The van der Waals surface area contributed by atoms with E-state index in [2.05, 4.69) is 15.3 Å². The van der Waals surface area contributed by atoms with Gasteiger partial charge in [-0.1, -0.05) is 29.5 Å². The summed E-state index contributed by atoms with van der Waals surface area (Å²) in [6.07, 6.45) is 1.77. The van der Waals surface area contributed by atoms with Gasteiger partial charge in [-0.05, 0) is 55.0 Å². The SMILES string of the molecule is Cc1ccccc1C(=O)Nc1ccc(-c2nc3cccnc3s2)cc1. The van der Waals surface area contributed by atoms with Crippen LogP contribution in [0, 0.1) is 6.92 Å². The van der Waals surface area contributed by atoms with Crippen LogP contribution in [0.2, 0.25) is 0 Å². The Morgan fingerprint density at radius 3 is 2.56 bits per heavy atom. The van der Waals surface area contributed by atoms with Crippen molar-refractivity contribution in [3.8, 4) is 10.6 Å². The van der Waals surface area contributed by atoms with Crippen molar-refractivity contribution in [2.45, 2.75) is 6.92 Å². The highest BCUT2D eigenvalue weighted by Gasteiger charge is 2.10. The Bertz CT molecular complexity index is 1020. The van der Waals surface area contributed by atoms with Gasteiger partial charge in [-0.2, -0.15) is 0 Å².